The Morgan fingerprint density at radius 2 is 1.79 bits per heavy atom. The van der Waals surface area contributed by atoms with E-state index in [1.54, 1.807) is 31.4 Å². The second-order valence-electron chi connectivity index (χ2n) is 10.1. The number of hydrogen-bond donors (Lipinski definition) is 3. The Bertz CT molecular complexity index is 1650. The number of benzene rings is 2. The van der Waals surface area contributed by atoms with Crippen molar-refractivity contribution >= 4 is 23.1 Å². The van der Waals surface area contributed by atoms with E-state index >= 15 is 0 Å². The van der Waals surface area contributed by atoms with Crippen molar-refractivity contribution in [3.05, 3.63) is 104 Å². The number of nitrogens with zero attached hydrogens (tertiary/aromatic N) is 3. The number of carbonyl (C=O) groups excluding carboxylic acids is 1. The van der Waals surface area contributed by atoms with E-state index in [2.05, 4.69) is 15.7 Å². The number of aromatic nitrogens is 3. The number of aliphatic hydroxyl groups excluding tert-OH is 1. The van der Waals surface area contributed by atoms with E-state index in [1.807, 2.05) is 44.2 Å². The highest BCUT2D eigenvalue weighted by molar-refractivity contribution is 6.05. The average Bonchev–Trinajstić information content (AvgIpc) is 3.77. The highest BCUT2D eigenvalue weighted by Gasteiger charge is 2.23. The van der Waals surface area contributed by atoms with Crippen LogP contribution in [-0.2, 0) is 13.7 Å². The minimum Gasteiger partial charge on any atom is -0.392 e. The summed E-state index contributed by atoms with van der Waals surface area (Å²) >= 11 is 0. The van der Waals surface area contributed by atoms with Crippen molar-refractivity contribution in [1.29, 1.82) is 0 Å². The van der Waals surface area contributed by atoms with Crippen molar-refractivity contribution in [2.24, 2.45) is 7.05 Å². The van der Waals surface area contributed by atoms with Gasteiger partial charge >= 0.3 is 0 Å². The van der Waals surface area contributed by atoms with E-state index in [9.17, 15) is 19.5 Å². The van der Waals surface area contributed by atoms with Crippen molar-refractivity contribution in [2.45, 2.75) is 45.3 Å². The van der Waals surface area contributed by atoms with Crippen LogP contribution in [0.4, 0.5) is 17.2 Å². The summed E-state index contributed by atoms with van der Waals surface area (Å²) in [6.45, 7) is 3.38. The van der Waals surface area contributed by atoms with Crippen LogP contribution < -0.4 is 21.8 Å². The summed E-state index contributed by atoms with van der Waals surface area (Å²) in [6, 6.07) is 17.5. The smallest absolute Gasteiger partial charge is 0.274 e. The fraction of sp³-hybridized carbons (Fsp3) is 0.267. The molecular weight excluding hydrogens is 494 g/mol. The van der Waals surface area contributed by atoms with E-state index in [0.717, 1.165) is 0 Å². The molecule has 1 fully saturated rings. The molecule has 1 aliphatic carbocycles. The highest BCUT2D eigenvalue weighted by atomic mass is 16.3. The molecule has 1 amide bonds. The number of nitrogens with one attached hydrogen (secondary N) is 2. The van der Waals surface area contributed by atoms with Crippen LogP contribution >= 0.6 is 0 Å². The molecule has 0 radical (unpaired) electrons. The molecule has 1 aliphatic rings. The summed E-state index contributed by atoms with van der Waals surface area (Å²) in [5.74, 6) is 0.700. The number of amides is 1. The molecule has 0 spiro atoms. The first-order valence-corrected chi connectivity index (χ1v) is 13.0. The third kappa shape index (κ3) is 5.53. The second-order valence-corrected chi connectivity index (χ2v) is 10.1. The molecule has 4 aromatic rings. The van der Waals surface area contributed by atoms with Gasteiger partial charge in [0.05, 0.1) is 12.6 Å². The molecule has 0 bridgehead atoms. The topological polar surface area (TPSA) is 118 Å². The predicted molar refractivity (Wildman–Crippen MR) is 152 cm³/mol. The van der Waals surface area contributed by atoms with Crippen LogP contribution in [0, 0.1) is 0 Å². The standard InChI is InChI=1S/C30H31N5O4/c1-18(2)35-28(37)14-13-27(33-35)31-26-15-22(16-34(3)30(26)39)23-5-4-6-25(24(23)17-36)32-29(38)21-11-9-20(10-12-21)19-7-8-19/h4-6,9-16,18-19,36H,7-8,17H2,1-3H3,(H,31,33)(H,32,38). The molecule has 9 heteroatoms. The second kappa shape index (κ2) is 10.7. The monoisotopic (exact) mass is 525 g/mol. The van der Waals surface area contributed by atoms with Gasteiger partial charge in [-0.1, -0.05) is 24.3 Å². The fourth-order valence-corrected chi connectivity index (χ4v) is 4.61. The Kier molecular flexibility index (Phi) is 7.17. The van der Waals surface area contributed by atoms with Gasteiger partial charge in [-0.05, 0) is 74.1 Å². The van der Waals surface area contributed by atoms with Gasteiger partial charge in [0.25, 0.3) is 17.0 Å². The van der Waals surface area contributed by atoms with Gasteiger partial charge in [0.2, 0.25) is 0 Å². The normalized spacial score (nSPS) is 12.9. The largest absolute Gasteiger partial charge is 0.392 e. The number of pyridine rings is 1. The van der Waals surface area contributed by atoms with Crippen LogP contribution in [0.25, 0.3) is 11.1 Å². The minimum absolute atomic E-state index is 0.144. The maximum Gasteiger partial charge on any atom is 0.274 e. The summed E-state index contributed by atoms with van der Waals surface area (Å²) in [6.07, 6.45) is 4.06. The van der Waals surface area contributed by atoms with Gasteiger partial charge in [-0.3, -0.25) is 14.4 Å². The molecule has 9 nitrogen and oxygen atoms in total. The van der Waals surface area contributed by atoms with Crippen LogP contribution in [0.2, 0.25) is 0 Å². The van der Waals surface area contributed by atoms with Crippen LogP contribution in [-0.4, -0.2) is 25.4 Å². The first-order valence-electron chi connectivity index (χ1n) is 13.0. The number of carbonyl (C=O) groups is 1. The maximum absolute atomic E-state index is 13.0. The molecule has 200 valence electrons. The van der Waals surface area contributed by atoms with Gasteiger partial charge in [0, 0.05) is 41.7 Å². The molecule has 1 saturated carbocycles. The van der Waals surface area contributed by atoms with Crippen LogP contribution in [0.5, 0.6) is 0 Å². The molecule has 39 heavy (non-hydrogen) atoms. The van der Waals surface area contributed by atoms with E-state index in [1.165, 1.54) is 39.8 Å². The number of anilines is 3. The van der Waals surface area contributed by atoms with E-state index in [4.69, 9.17) is 0 Å². The first kappa shape index (κ1) is 26.1. The Labute approximate surface area is 225 Å². The Hall–Kier alpha value is -4.50. The van der Waals surface area contributed by atoms with E-state index in [-0.39, 0.29) is 35.4 Å². The molecular formula is C30H31N5O4. The molecule has 0 aliphatic heterocycles. The summed E-state index contributed by atoms with van der Waals surface area (Å²) < 4.78 is 2.77. The molecule has 0 unspecified atom stereocenters. The summed E-state index contributed by atoms with van der Waals surface area (Å²) in [5.41, 5.74) is 3.86. The van der Waals surface area contributed by atoms with Crippen molar-refractivity contribution in [3.8, 4) is 11.1 Å². The van der Waals surface area contributed by atoms with Crippen molar-refractivity contribution in [3.63, 3.8) is 0 Å². The first-order chi connectivity index (χ1) is 18.7. The molecule has 0 saturated heterocycles. The van der Waals surface area contributed by atoms with Crippen LogP contribution in [0.1, 0.15) is 60.1 Å². The maximum atomic E-state index is 13.0. The predicted octanol–water partition coefficient (Wildman–Crippen LogP) is 4.56. The third-order valence-electron chi connectivity index (χ3n) is 6.88. The number of rotatable bonds is 8. The van der Waals surface area contributed by atoms with Gasteiger partial charge in [0.1, 0.15) is 5.69 Å². The zero-order valence-corrected chi connectivity index (χ0v) is 22.1. The van der Waals surface area contributed by atoms with Gasteiger partial charge in [-0.15, -0.1) is 0 Å². The lowest BCUT2D eigenvalue weighted by atomic mass is 9.99. The van der Waals surface area contributed by atoms with Crippen LogP contribution in [0.3, 0.4) is 0 Å². The summed E-state index contributed by atoms with van der Waals surface area (Å²) in [5, 5.41) is 20.6. The average molecular weight is 526 g/mol. The van der Waals surface area contributed by atoms with E-state index in [0.29, 0.717) is 39.7 Å². The number of aryl methyl sites for hydroxylation is 1. The van der Waals surface area contributed by atoms with Gasteiger partial charge < -0.3 is 20.3 Å². The molecule has 5 rings (SSSR count). The Morgan fingerprint density at radius 1 is 1.05 bits per heavy atom. The SMILES string of the molecule is CC(C)n1nc(Nc2cc(-c3cccc(NC(=O)c4ccc(C5CC5)cc4)c3CO)cn(C)c2=O)ccc1=O. The van der Waals surface area contributed by atoms with Crippen molar-refractivity contribution in [1.82, 2.24) is 14.3 Å². The van der Waals surface area contributed by atoms with Gasteiger partial charge in [-0.2, -0.15) is 5.10 Å². The fourth-order valence-electron chi connectivity index (χ4n) is 4.61. The van der Waals surface area contributed by atoms with Crippen LogP contribution in [0.15, 0.2) is 76.4 Å². The highest BCUT2D eigenvalue weighted by Crippen LogP contribution is 2.40. The molecule has 0 atom stereocenters. The van der Waals surface area contributed by atoms with Gasteiger partial charge in [-0.25, -0.2) is 4.68 Å². The minimum atomic E-state index is -0.321. The zero-order valence-electron chi connectivity index (χ0n) is 22.1. The van der Waals surface area contributed by atoms with Crippen molar-refractivity contribution < 1.29 is 9.90 Å². The Balaban J connectivity index is 1.46. The molecule has 2 aromatic carbocycles. The van der Waals surface area contributed by atoms with Gasteiger partial charge in [0.15, 0.2) is 5.82 Å². The zero-order chi connectivity index (χ0) is 27.7. The molecule has 2 aromatic heterocycles. The van der Waals surface area contributed by atoms with E-state index < -0.39 is 0 Å². The number of aliphatic hydroxyl groups is 1. The summed E-state index contributed by atoms with van der Waals surface area (Å²) in [4.78, 5) is 38.0. The molecule has 2 heterocycles. The lowest BCUT2D eigenvalue weighted by molar-refractivity contribution is 0.102. The Morgan fingerprint density at radius 3 is 2.46 bits per heavy atom. The third-order valence-corrected chi connectivity index (χ3v) is 6.88. The lowest BCUT2D eigenvalue weighted by Crippen LogP contribution is -2.25. The van der Waals surface area contributed by atoms with Crippen molar-refractivity contribution in [2.75, 3.05) is 10.6 Å². The summed E-state index contributed by atoms with van der Waals surface area (Å²) in [7, 11) is 1.63. The quantitative estimate of drug-likeness (QED) is 0.311. The lowest BCUT2D eigenvalue weighted by Gasteiger charge is -2.16. The molecule has 3 N–H and O–H groups in total. The number of hydrogen-bond acceptors (Lipinski definition) is 6.